The van der Waals surface area contributed by atoms with Crippen molar-refractivity contribution in [1.82, 2.24) is 4.98 Å². The summed E-state index contributed by atoms with van der Waals surface area (Å²) in [6.07, 6.45) is 1.74. The second-order valence-electron chi connectivity index (χ2n) is 3.69. The van der Waals surface area contributed by atoms with E-state index in [1.165, 1.54) is 0 Å². The van der Waals surface area contributed by atoms with Crippen molar-refractivity contribution in [3.8, 4) is 11.5 Å². The number of rotatable bonds is 3. The molecule has 1 aromatic heterocycles. The standard InChI is InChI=1S/C13H13BrN2O/c1-9-13(3-2-4-16-9)17-12-6-10(8-15)5-11(14)7-12/h2-7H,8,15H2,1H3. The van der Waals surface area contributed by atoms with Crippen molar-refractivity contribution in [3.63, 3.8) is 0 Å². The summed E-state index contributed by atoms with van der Waals surface area (Å²) in [6.45, 7) is 2.40. The van der Waals surface area contributed by atoms with Crippen LogP contribution in [-0.4, -0.2) is 4.98 Å². The highest BCUT2D eigenvalue weighted by Crippen LogP contribution is 2.27. The Kier molecular flexibility index (Phi) is 3.76. The van der Waals surface area contributed by atoms with Crippen LogP contribution in [0.3, 0.4) is 0 Å². The first kappa shape index (κ1) is 12.1. The molecule has 0 radical (unpaired) electrons. The number of halogens is 1. The maximum absolute atomic E-state index is 5.78. The summed E-state index contributed by atoms with van der Waals surface area (Å²) in [5, 5.41) is 0. The van der Waals surface area contributed by atoms with Gasteiger partial charge in [-0.2, -0.15) is 0 Å². The molecule has 0 amide bonds. The number of aryl methyl sites for hydroxylation is 1. The Morgan fingerprint density at radius 2 is 2.18 bits per heavy atom. The number of aromatic nitrogens is 1. The lowest BCUT2D eigenvalue weighted by atomic mass is 10.2. The minimum Gasteiger partial charge on any atom is -0.455 e. The van der Waals surface area contributed by atoms with Gasteiger partial charge in [0.1, 0.15) is 11.5 Å². The number of nitrogens with two attached hydrogens (primary N) is 1. The van der Waals surface area contributed by atoms with Gasteiger partial charge >= 0.3 is 0 Å². The van der Waals surface area contributed by atoms with E-state index in [1.54, 1.807) is 6.20 Å². The van der Waals surface area contributed by atoms with Gasteiger partial charge in [0.2, 0.25) is 0 Å². The summed E-state index contributed by atoms with van der Waals surface area (Å²) < 4.78 is 6.74. The van der Waals surface area contributed by atoms with E-state index in [1.807, 2.05) is 37.3 Å². The summed E-state index contributed by atoms with van der Waals surface area (Å²) in [7, 11) is 0. The highest BCUT2D eigenvalue weighted by molar-refractivity contribution is 9.10. The van der Waals surface area contributed by atoms with Crippen LogP contribution >= 0.6 is 15.9 Å². The first-order valence-electron chi connectivity index (χ1n) is 5.28. The molecule has 17 heavy (non-hydrogen) atoms. The average Bonchev–Trinajstić information content (AvgIpc) is 2.31. The van der Waals surface area contributed by atoms with Gasteiger partial charge < -0.3 is 10.5 Å². The molecule has 2 N–H and O–H groups in total. The van der Waals surface area contributed by atoms with Gasteiger partial charge in [0.15, 0.2) is 0 Å². The fourth-order valence-corrected chi connectivity index (χ4v) is 2.02. The van der Waals surface area contributed by atoms with E-state index in [4.69, 9.17) is 10.5 Å². The van der Waals surface area contributed by atoms with Gasteiger partial charge in [-0.1, -0.05) is 15.9 Å². The van der Waals surface area contributed by atoms with E-state index in [0.29, 0.717) is 6.54 Å². The highest BCUT2D eigenvalue weighted by Gasteiger charge is 2.03. The number of hydrogen-bond donors (Lipinski definition) is 1. The third-order valence-electron chi connectivity index (χ3n) is 2.35. The number of ether oxygens (including phenoxy) is 1. The fourth-order valence-electron chi connectivity index (χ4n) is 1.50. The van der Waals surface area contributed by atoms with Gasteiger partial charge in [-0.3, -0.25) is 4.98 Å². The molecule has 0 saturated heterocycles. The maximum Gasteiger partial charge on any atom is 0.148 e. The third-order valence-corrected chi connectivity index (χ3v) is 2.81. The smallest absolute Gasteiger partial charge is 0.148 e. The quantitative estimate of drug-likeness (QED) is 0.943. The van der Waals surface area contributed by atoms with Crippen LogP contribution in [0, 0.1) is 6.92 Å². The van der Waals surface area contributed by atoms with Crippen LogP contribution in [0.25, 0.3) is 0 Å². The molecule has 0 unspecified atom stereocenters. The molecule has 2 aromatic rings. The topological polar surface area (TPSA) is 48.1 Å². The Bertz CT molecular complexity index is 529. The molecule has 0 spiro atoms. The lowest BCUT2D eigenvalue weighted by molar-refractivity contribution is 0.474. The number of benzene rings is 1. The molecule has 3 nitrogen and oxygen atoms in total. The summed E-state index contributed by atoms with van der Waals surface area (Å²) >= 11 is 3.43. The molecule has 0 aliphatic heterocycles. The molecule has 0 bridgehead atoms. The Balaban J connectivity index is 2.30. The van der Waals surface area contributed by atoms with Crippen molar-refractivity contribution in [3.05, 3.63) is 52.3 Å². The van der Waals surface area contributed by atoms with E-state index >= 15 is 0 Å². The summed E-state index contributed by atoms with van der Waals surface area (Å²) in [4.78, 5) is 4.18. The van der Waals surface area contributed by atoms with Crippen LogP contribution in [-0.2, 0) is 6.54 Å². The molecule has 0 atom stereocenters. The number of pyridine rings is 1. The van der Waals surface area contributed by atoms with E-state index in [9.17, 15) is 0 Å². The Morgan fingerprint density at radius 3 is 2.88 bits per heavy atom. The molecule has 4 heteroatoms. The molecule has 0 aliphatic rings. The zero-order chi connectivity index (χ0) is 12.3. The zero-order valence-electron chi connectivity index (χ0n) is 9.48. The van der Waals surface area contributed by atoms with Crippen LogP contribution in [0.15, 0.2) is 41.0 Å². The van der Waals surface area contributed by atoms with E-state index in [0.717, 1.165) is 27.2 Å². The largest absolute Gasteiger partial charge is 0.455 e. The van der Waals surface area contributed by atoms with Crippen molar-refractivity contribution in [1.29, 1.82) is 0 Å². The second kappa shape index (κ2) is 5.29. The van der Waals surface area contributed by atoms with Gasteiger partial charge in [0, 0.05) is 17.2 Å². The second-order valence-corrected chi connectivity index (χ2v) is 4.60. The SMILES string of the molecule is Cc1ncccc1Oc1cc(Br)cc(CN)c1. The van der Waals surface area contributed by atoms with Crippen molar-refractivity contribution in [2.75, 3.05) is 0 Å². The molecular formula is C13H13BrN2O. The fraction of sp³-hybridized carbons (Fsp3) is 0.154. The maximum atomic E-state index is 5.78. The van der Waals surface area contributed by atoms with E-state index in [-0.39, 0.29) is 0 Å². The van der Waals surface area contributed by atoms with Crippen molar-refractivity contribution in [2.24, 2.45) is 5.73 Å². The van der Waals surface area contributed by atoms with Crippen molar-refractivity contribution >= 4 is 15.9 Å². The third kappa shape index (κ3) is 3.05. The summed E-state index contributed by atoms with van der Waals surface area (Å²) in [6, 6.07) is 9.56. The van der Waals surface area contributed by atoms with Gasteiger partial charge in [-0.25, -0.2) is 0 Å². The summed E-state index contributed by atoms with van der Waals surface area (Å²) in [5.74, 6) is 1.52. The molecule has 0 fully saturated rings. The summed E-state index contributed by atoms with van der Waals surface area (Å²) in [5.41, 5.74) is 7.51. The van der Waals surface area contributed by atoms with Crippen LogP contribution in [0.1, 0.15) is 11.3 Å². The average molecular weight is 293 g/mol. The van der Waals surface area contributed by atoms with Crippen molar-refractivity contribution < 1.29 is 4.74 Å². The molecule has 1 heterocycles. The van der Waals surface area contributed by atoms with Crippen molar-refractivity contribution in [2.45, 2.75) is 13.5 Å². The van der Waals surface area contributed by atoms with Gasteiger partial charge in [-0.05, 0) is 42.8 Å². The number of nitrogens with zero attached hydrogens (tertiary/aromatic N) is 1. The van der Waals surface area contributed by atoms with Gasteiger partial charge in [0.05, 0.1) is 5.69 Å². The minimum atomic E-state index is 0.488. The molecule has 2 rings (SSSR count). The highest BCUT2D eigenvalue weighted by atomic mass is 79.9. The molecule has 1 aromatic carbocycles. The molecule has 88 valence electrons. The zero-order valence-corrected chi connectivity index (χ0v) is 11.1. The molecule has 0 saturated carbocycles. The van der Waals surface area contributed by atoms with Crippen LogP contribution in [0.2, 0.25) is 0 Å². The molecule has 0 aliphatic carbocycles. The predicted molar refractivity (Wildman–Crippen MR) is 71.1 cm³/mol. The lowest BCUT2D eigenvalue weighted by Crippen LogP contribution is -1.97. The predicted octanol–water partition coefficient (Wildman–Crippen LogP) is 3.40. The van der Waals surface area contributed by atoms with Crippen LogP contribution in [0.5, 0.6) is 11.5 Å². The Hall–Kier alpha value is -1.39. The first-order chi connectivity index (χ1) is 8.19. The minimum absolute atomic E-state index is 0.488. The van der Waals surface area contributed by atoms with Crippen LogP contribution in [0.4, 0.5) is 0 Å². The first-order valence-corrected chi connectivity index (χ1v) is 6.07. The Morgan fingerprint density at radius 1 is 1.35 bits per heavy atom. The lowest BCUT2D eigenvalue weighted by Gasteiger charge is -2.09. The van der Waals surface area contributed by atoms with Gasteiger partial charge in [0.25, 0.3) is 0 Å². The number of hydrogen-bond acceptors (Lipinski definition) is 3. The monoisotopic (exact) mass is 292 g/mol. The van der Waals surface area contributed by atoms with E-state index in [2.05, 4.69) is 20.9 Å². The normalized spacial score (nSPS) is 10.3. The van der Waals surface area contributed by atoms with Crippen LogP contribution < -0.4 is 10.5 Å². The Labute approximate surface area is 109 Å². The van der Waals surface area contributed by atoms with Gasteiger partial charge in [-0.15, -0.1) is 0 Å². The molecular weight excluding hydrogens is 280 g/mol. The van der Waals surface area contributed by atoms with E-state index < -0.39 is 0 Å².